The maximum absolute atomic E-state index is 6.95. The van der Waals surface area contributed by atoms with E-state index in [1.54, 1.807) is 0 Å². The summed E-state index contributed by atoms with van der Waals surface area (Å²) in [6.45, 7) is 0. The Bertz CT molecular complexity index is 3770. The first-order valence-corrected chi connectivity index (χ1v) is 21.4. The summed E-state index contributed by atoms with van der Waals surface area (Å²) in [6.07, 6.45) is 0. The Morgan fingerprint density at radius 3 is 1.32 bits per heavy atom. The Labute approximate surface area is 350 Å². The number of fused-ring (bicyclic) bond motifs is 10. The van der Waals surface area contributed by atoms with Gasteiger partial charge in [0, 0.05) is 42.1 Å². The molecule has 11 aromatic carbocycles. The predicted molar refractivity (Wildman–Crippen MR) is 258 cm³/mol. The summed E-state index contributed by atoms with van der Waals surface area (Å²) in [4.78, 5) is 0. The summed E-state index contributed by atoms with van der Waals surface area (Å²) >= 11 is 1.88. The highest BCUT2D eigenvalue weighted by atomic mass is 32.1. The number of para-hydroxylation sites is 1. The average molecular weight is 779 g/mol. The molecule has 0 aliphatic rings. The van der Waals surface area contributed by atoms with Gasteiger partial charge in [0.2, 0.25) is 0 Å². The summed E-state index contributed by atoms with van der Waals surface area (Å²) in [6, 6.07) is 75.6. The van der Waals surface area contributed by atoms with Crippen LogP contribution < -0.4 is 0 Å². The summed E-state index contributed by atoms with van der Waals surface area (Å²) in [7, 11) is 0. The lowest BCUT2D eigenvalue weighted by atomic mass is 9.85. The van der Waals surface area contributed by atoms with E-state index in [9.17, 15) is 0 Å². The second-order valence-corrected chi connectivity index (χ2v) is 16.9. The van der Waals surface area contributed by atoms with Crippen LogP contribution >= 0.6 is 11.3 Å². The fraction of sp³-hybridized carbons (Fsp3) is 0. The fourth-order valence-corrected chi connectivity index (χ4v) is 11.3. The van der Waals surface area contributed by atoms with Crippen LogP contribution in [0.25, 0.3) is 130 Å². The van der Waals surface area contributed by atoms with Gasteiger partial charge in [-0.2, -0.15) is 0 Å². The highest BCUT2D eigenvalue weighted by Gasteiger charge is 2.22. The van der Waals surface area contributed by atoms with Crippen LogP contribution in [-0.4, -0.2) is 0 Å². The van der Waals surface area contributed by atoms with E-state index in [1.165, 1.54) is 102 Å². The molecule has 13 aromatic rings. The molecule has 0 aliphatic carbocycles. The lowest BCUT2D eigenvalue weighted by Crippen LogP contribution is -1.91. The predicted octanol–water partition coefficient (Wildman–Crippen LogP) is 17.2. The van der Waals surface area contributed by atoms with E-state index >= 15 is 0 Å². The quantitative estimate of drug-likeness (QED) is 0.162. The van der Waals surface area contributed by atoms with Crippen molar-refractivity contribution in [3.63, 3.8) is 0 Å². The van der Waals surface area contributed by atoms with Crippen LogP contribution in [0, 0.1) is 0 Å². The van der Waals surface area contributed by atoms with E-state index in [0.29, 0.717) is 0 Å². The summed E-state index contributed by atoms with van der Waals surface area (Å²) < 4.78 is 9.59. The third-order valence-electron chi connectivity index (χ3n) is 12.6. The zero-order valence-electron chi connectivity index (χ0n) is 32.4. The Morgan fingerprint density at radius 1 is 0.267 bits per heavy atom. The van der Waals surface area contributed by atoms with Crippen molar-refractivity contribution in [2.45, 2.75) is 0 Å². The standard InChI is InChI=1S/C58H34OS/c1-2-15-35(16-3-1)54-44-22-8-10-24-46(44)57(47-25-11-9-23-45(47)54)49-27-14-26-48-50-33-36(30-32-51(50)59-58(48)49)55-40-18-4-6-20-42(40)56(43-21-7-5-19-41(43)55)37-29-31-39-38-17-12-13-28-52(38)60-53(39)34-37/h1-34H. The van der Waals surface area contributed by atoms with Gasteiger partial charge >= 0.3 is 0 Å². The second kappa shape index (κ2) is 13.0. The minimum absolute atomic E-state index is 0.887. The molecule has 2 heteroatoms. The van der Waals surface area contributed by atoms with E-state index in [2.05, 4.69) is 206 Å². The molecule has 0 unspecified atom stereocenters. The van der Waals surface area contributed by atoms with Gasteiger partial charge in [-0.1, -0.05) is 182 Å². The zero-order chi connectivity index (χ0) is 39.3. The third kappa shape index (κ3) is 4.86. The minimum Gasteiger partial charge on any atom is -0.455 e. The molecule has 278 valence electrons. The van der Waals surface area contributed by atoms with Crippen molar-refractivity contribution >= 4 is 96.5 Å². The molecule has 0 bridgehead atoms. The van der Waals surface area contributed by atoms with Gasteiger partial charge < -0.3 is 4.42 Å². The first-order chi connectivity index (χ1) is 29.8. The van der Waals surface area contributed by atoms with Crippen molar-refractivity contribution in [3.05, 3.63) is 206 Å². The Kier molecular flexibility index (Phi) is 7.24. The Morgan fingerprint density at radius 2 is 0.717 bits per heavy atom. The van der Waals surface area contributed by atoms with E-state index in [1.807, 2.05) is 11.3 Å². The van der Waals surface area contributed by atoms with Crippen molar-refractivity contribution in [1.29, 1.82) is 0 Å². The van der Waals surface area contributed by atoms with Gasteiger partial charge in [0.25, 0.3) is 0 Å². The van der Waals surface area contributed by atoms with Crippen molar-refractivity contribution in [1.82, 2.24) is 0 Å². The molecule has 0 saturated carbocycles. The largest absolute Gasteiger partial charge is 0.455 e. The summed E-state index contributed by atoms with van der Waals surface area (Å²) in [5, 5.41) is 14.8. The molecule has 1 nitrogen and oxygen atoms in total. The highest BCUT2D eigenvalue weighted by molar-refractivity contribution is 7.25. The molecule has 0 amide bonds. The summed E-state index contributed by atoms with van der Waals surface area (Å²) in [5.74, 6) is 0. The zero-order valence-corrected chi connectivity index (χ0v) is 33.3. The molecule has 0 fully saturated rings. The third-order valence-corrected chi connectivity index (χ3v) is 13.8. The monoisotopic (exact) mass is 778 g/mol. The lowest BCUT2D eigenvalue weighted by molar-refractivity contribution is 0.670. The van der Waals surface area contributed by atoms with Gasteiger partial charge in [-0.15, -0.1) is 11.3 Å². The van der Waals surface area contributed by atoms with E-state index in [4.69, 9.17) is 4.42 Å². The molecule has 2 aromatic heterocycles. The molecule has 0 saturated heterocycles. The fourth-order valence-electron chi connectivity index (χ4n) is 10.1. The molecular weight excluding hydrogens is 745 g/mol. The topological polar surface area (TPSA) is 13.1 Å². The number of rotatable bonds is 4. The smallest absolute Gasteiger partial charge is 0.143 e. The van der Waals surface area contributed by atoms with Gasteiger partial charge in [0.1, 0.15) is 11.2 Å². The van der Waals surface area contributed by atoms with Crippen LogP contribution in [0.3, 0.4) is 0 Å². The molecule has 0 atom stereocenters. The number of thiophene rings is 1. The van der Waals surface area contributed by atoms with Gasteiger partial charge in [-0.3, -0.25) is 0 Å². The molecule has 0 radical (unpaired) electrons. The minimum atomic E-state index is 0.887. The van der Waals surface area contributed by atoms with Crippen molar-refractivity contribution < 1.29 is 4.42 Å². The average Bonchev–Trinajstić information content (AvgIpc) is 3.88. The molecule has 0 N–H and O–H groups in total. The van der Waals surface area contributed by atoms with Crippen molar-refractivity contribution in [2.75, 3.05) is 0 Å². The number of hydrogen-bond acceptors (Lipinski definition) is 2. The van der Waals surface area contributed by atoms with Gasteiger partial charge in [0.05, 0.1) is 0 Å². The van der Waals surface area contributed by atoms with Crippen LogP contribution in [0.4, 0.5) is 0 Å². The van der Waals surface area contributed by atoms with Crippen molar-refractivity contribution in [2.24, 2.45) is 0 Å². The van der Waals surface area contributed by atoms with Gasteiger partial charge in [0.15, 0.2) is 0 Å². The van der Waals surface area contributed by atoms with E-state index in [0.717, 1.165) is 27.5 Å². The SMILES string of the molecule is c1ccc(-c2c3ccccc3c(-c3cccc4c3oc3ccc(-c5c6ccccc6c(-c6ccc7c(c6)sc6ccccc67)c6ccccc56)cc34)c3ccccc23)cc1. The number of furan rings is 1. The maximum Gasteiger partial charge on any atom is 0.143 e. The molecule has 2 heterocycles. The summed E-state index contributed by atoms with van der Waals surface area (Å²) in [5.41, 5.74) is 11.5. The molecular formula is C58H34OS. The van der Waals surface area contributed by atoms with Gasteiger partial charge in [-0.05, 0) is 101 Å². The molecule has 60 heavy (non-hydrogen) atoms. The lowest BCUT2D eigenvalue weighted by Gasteiger charge is -2.18. The van der Waals surface area contributed by atoms with Crippen LogP contribution in [0.15, 0.2) is 211 Å². The maximum atomic E-state index is 6.95. The van der Waals surface area contributed by atoms with Crippen LogP contribution in [0.1, 0.15) is 0 Å². The normalized spacial score (nSPS) is 12.0. The van der Waals surface area contributed by atoms with Crippen LogP contribution in [0.2, 0.25) is 0 Å². The highest BCUT2D eigenvalue weighted by Crippen LogP contribution is 2.49. The van der Waals surface area contributed by atoms with Crippen LogP contribution in [-0.2, 0) is 0 Å². The van der Waals surface area contributed by atoms with Gasteiger partial charge in [-0.25, -0.2) is 0 Å². The van der Waals surface area contributed by atoms with Crippen LogP contribution in [0.5, 0.6) is 0 Å². The number of benzene rings is 11. The number of hydrogen-bond donors (Lipinski definition) is 0. The van der Waals surface area contributed by atoms with E-state index in [-0.39, 0.29) is 0 Å². The first-order valence-electron chi connectivity index (χ1n) is 20.6. The Balaban J connectivity index is 1.04. The first kappa shape index (κ1) is 33.5. The molecule has 0 spiro atoms. The molecule has 0 aliphatic heterocycles. The van der Waals surface area contributed by atoms with E-state index < -0.39 is 0 Å². The van der Waals surface area contributed by atoms with Crippen molar-refractivity contribution in [3.8, 4) is 44.5 Å². The Hall–Kier alpha value is -7.52. The second-order valence-electron chi connectivity index (χ2n) is 15.9. The molecule has 13 rings (SSSR count).